The smallest absolute Gasteiger partial charge is 0.123 e. The largest absolute Gasteiger partial charge is 0.497 e. The summed E-state index contributed by atoms with van der Waals surface area (Å²) in [4.78, 5) is 0. The molecule has 0 bridgehead atoms. The van der Waals surface area contributed by atoms with Crippen molar-refractivity contribution >= 4 is 0 Å². The van der Waals surface area contributed by atoms with Crippen LogP contribution in [0.2, 0.25) is 0 Å². The second kappa shape index (κ2) is 6.46. The first-order chi connectivity index (χ1) is 10.7. The maximum absolute atomic E-state index is 13.3. The first kappa shape index (κ1) is 15.0. The summed E-state index contributed by atoms with van der Waals surface area (Å²) in [6.45, 7) is 0. The number of halogens is 1. The van der Waals surface area contributed by atoms with Gasteiger partial charge >= 0.3 is 0 Å². The summed E-state index contributed by atoms with van der Waals surface area (Å²) in [5.41, 5.74) is 1.79. The van der Waals surface area contributed by atoms with Crippen LogP contribution >= 0.6 is 0 Å². The van der Waals surface area contributed by atoms with Crippen LogP contribution < -0.4 is 10.1 Å². The van der Waals surface area contributed by atoms with Gasteiger partial charge in [-0.15, -0.1) is 0 Å². The molecule has 2 aromatic rings. The molecule has 0 spiro atoms. The van der Waals surface area contributed by atoms with Crippen molar-refractivity contribution in [1.29, 1.82) is 0 Å². The average Bonchev–Trinajstić information content (AvgIpc) is 3.04. The predicted octanol–water partition coefficient (Wildman–Crippen LogP) is 3.36. The van der Waals surface area contributed by atoms with Crippen LogP contribution in [-0.2, 0) is 0 Å². The molecule has 2 aromatic carbocycles. The maximum Gasteiger partial charge on any atom is 0.123 e. The molecule has 1 aliphatic rings. The molecule has 4 heteroatoms. The lowest BCUT2D eigenvalue weighted by molar-refractivity contribution is 0.135. The predicted molar refractivity (Wildman–Crippen MR) is 83.3 cm³/mol. The minimum atomic E-state index is -0.695. The Morgan fingerprint density at radius 1 is 1.18 bits per heavy atom. The Balaban J connectivity index is 1.68. The lowest BCUT2D eigenvalue weighted by Gasteiger charge is -2.20. The van der Waals surface area contributed by atoms with Crippen molar-refractivity contribution in [2.45, 2.75) is 31.0 Å². The molecule has 0 saturated carbocycles. The molecule has 0 unspecified atom stereocenters. The van der Waals surface area contributed by atoms with E-state index < -0.39 is 6.10 Å². The zero-order chi connectivity index (χ0) is 15.5. The number of aliphatic hydroxyl groups is 1. The minimum Gasteiger partial charge on any atom is -0.497 e. The Hall–Kier alpha value is -1.91. The van der Waals surface area contributed by atoms with E-state index >= 15 is 0 Å². The molecule has 3 atom stereocenters. The first-order valence-electron chi connectivity index (χ1n) is 7.51. The number of benzene rings is 2. The normalized spacial score (nSPS) is 22.5. The quantitative estimate of drug-likeness (QED) is 0.910. The van der Waals surface area contributed by atoms with Crippen molar-refractivity contribution in [3.05, 3.63) is 65.5 Å². The molecule has 1 aliphatic heterocycles. The number of hydrogen-bond donors (Lipinski definition) is 2. The Morgan fingerprint density at radius 2 is 1.95 bits per heavy atom. The molecule has 1 fully saturated rings. The van der Waals surface area contributed by atoms with Crippen LogP contribution in [0.3, 0.4) is 0 Å². The molecule has 3 rings (SSSR count). The Morgan fingerprint density at radius 3 is 2.64 bits per heavy atom. The third kappa shape index (κ3) is 3.13. The summed E-state index contributed by atoms with van der Waals surface area (Å²) in [6, 6.07) is 14.3. The number of aliphatic hydroxyl groups excluding tert-OH is 1. The highest BCUT2D eigenvalue weighted by Gasteiger charge is 2.30. The van der Waals surface area contributed by atoms with Crippen LogP contribution in [-0.4, -0.2) is 18.3 Å². The van der Waals surface area contributed by atoms with Crippen molar-refractivity contribution in [2.75, 3.05) is 7.11 Å². The van der Waals surface area contributed by atoms with Crippen molar-refractivity contribution in [1.82, 2.24) is 5.32 Å². The average molecular weight is 301 g/mol. The van der Waals surface area contributed by atoms with E-state index in [4.69, 9.17) is 4.74 Å². The standard InChI is InChI=1S/C18H20FNO2/c1-22-15-7-5-12(6-8-15)16-9-10-17(20-16)18(21)13-3-2-4-14(19)11-13/h2-8,11,16-18,20-21H,9-10H2,1H3/t16-,17-,18-/m1/s1. The zero-order valence-electron chi connectivity index (χ0n) is 12.5. The van der Waals surface area contributed by atoms with E-state index in [1.165, 1.54) is 17.7 Å². The van der Waals surface area contributed by atoms with Gasteiger partial charge in [-0.25, -0.2) is 4.39 Å². The van der Waals surface area contributed by atoms with Crippen molar-refractivity contribution in [2.24, 2.45) is 0 Å². The maximum atomic E-state index is 13.3. The van der Waals surface area contributed by atoms with E-state index in [1.54, 1.807) is 19.2 Å². The lowest BCUT2D eigenvalue weighted by atomic mass is 10.0. The summed E-state index contributed by atoms with van der Waals surface area (Å²) in [5, 5.41) is 13.9. The molecular formula is C18H20FNO2. The van der Waals surface area contributed by atoms with E-state index in [1.807, 2.05) is 24.3 Å². The summed E-state index contributed by atoms with van der Waals surface area (Å²) < 4.78 is 18.4. The van der Waals surface area contributed by atoms with Crippen molar-refractivity contribution in [3.8, 4) is 5.75 Å². The third-order valence-corrected chi connectivity index (χ3v) is 4.27. The highest BCUT2D eigenvalue weighted by atomic mass is 19.1. The number of ether oxygens (including phenoxy) is 1. The second-order valence-electron chi connectivity index (χ2n) is 5.68. The third-order valence-electron chi connectivity index (χ3n) is 4.27. The monoisotopic (exact) mass is 301 g/mol. The van der Waals surface area contributed by atoms with Gasteiger partial charge in [0.15, 0.2) is 0 Å². The summed E-state index contributed by atoms with van der Waals surface area (Å²) in [7, 11) is 1.65. The second-order valence-corrected chi connectivity index (χ2v) is 5.68. The van der Waals surface area contributed by atoms with E-state index in [2.05, 4.69) is 5.32 Å². The van der Waals surface area contributed by atoms with Gasteiger partial charge in [-0.2, -0.15) is 0 Å². The number of methoxy groups -OCH3 is 1. The molecule has 0 aromatic heterocycles. The Labute approximate surface area is 129 Å². The highest BCUT2D eigenvalue weighted by Crippen LogP contribution is 2.33. The lowest BCUT2D eigenvalue weighted by Crippen LogP contribution is -2.30. The summed E-state index contributed by atoms with van der Waals surface area (Å²) >= 11 is 0. The van der Waals surface area contributed by atoms with Crippen LogP contribution in [0.15, 0.2) is 48.5 Å². The molecule has 22 heavy (non-hydrogen) atoms. The zero-order valence-corrected chi connectivity index (χ0v) is 12.5. The fourth-order valence-electron chi connectivity index (χ4n) is 3.04. The molecule has 116 valence electrons. The van der Waals surface area contributed by atoms with E-state index in [-0.39, 0.29) is 17.9 Å². The number of rotatable bonds is 4. The molecular weight excluding hydrogens is 281 g/mol. The SMILES string of the molecule is COc1ccc([C@H]2CC[C@H]([C@H](O)c3cccc(F)c3)N2)cc1. The highest BCUT2D eigenvalue weighted by molar-refractivity contribution is 5.30. The van der Waals surface area contributed by atoms with Crippen molar-refractivity contribution in [3.63, 3.8) is 0 Å². The number of nitrogens with one attached hydrogen (secondary N) is 1. The summed E-state index contributed by atoms with van der Waals surface area (Å²) in [6.07, 6.45) is 1.11. The van der Waals surface area contributed by atoms with Crippen LogP contribution in [0.5, 0.6) is 5.75 Å². The van der Waals surface area contributed by atoms with Gasteiger partial charge in [0.2, 0.25) is 0 Å². The fourth-order valence-corrected chi connectivity index (χ4v) is 3.04. The van der Waals surface area contributed by atoms with Gasteiger partial charge in [0.05, 0.1) is 13.2 Å². The van der Waals surface area contributed by atoms with Gasteiger partial charge in [-0.05, 0) is 48.2 Å². The molecule has 0 radical (unpaired) electrons. The van der Waals surface area contributed by atoms with Crippen LogP contribution in [0.25, 0.3) is 0 Å². The van der Waals surface area contributed by atoms with Gasteiger partial charge in [0.25, 0.3) is 0 Å². The van der Waals surface area contributed by atoms with Gasteiger partial charge in [-0.1, -0.05) is 24.3 Å². The molecule has 0 aliphatic carbocycles. The molecule has 2 N–H and O–H groups in total. The fraction of sp³-hybridized carbons (Fsp3) is 0.333. The van der Waals surface area contributed by atoms with Gasteiger partial charge in [0.1, 0.15) is 11.6 Å². The number of hydrogen-bond acceptors (Lipinski definition) is 3. The molecule has 1 saturated heterocycles. The van der Waals surface area contributed by atoms with Gasteiger partial charge < -0.3 is 15.2 Å². The summed E-state index contributed by atoms with van der Waals surface area (Å²) in [5.74, 6) is 0.513. The molecule has 3 nitrogen and oxygen atoms in total. The van der Waals surface area contributed by atoms with Crippen LogP contribution in [0.1, 0.15) is 36.1 Å². The first-order valence-corrected chi connectivity index (χ1v) is 7.51. The Kier molecular flexibility index (Phi) is 4.41. The van der Waals surface area contributed by atoms with Gasteiger partial charge in [0, 0.05) is 12.1 Å². The van der Waals surface area contributed by atoms with Crippen LogP contribution in [0, 0.1) is 5.82 Å². The van der Waals surface area contributed by atoms with E-state index in [0.717, 1.165) is 18.6 Å². The molecule has 1 heterocycles. The topological polar surface area (TPSA) is 41.5 Å². The van der Waals surface area contributed by atoms with Crippen molar-refractivity contribution < 1.29 is 14.2 Å². The molecule has 0 amide bonds. The minimum absolute atomic E-state index is 0.0612. The van der Waals surface area contributed by atoms with Crippen LogP contribution in [0.4, 0.5) is 4.39 Å². The van der Waals surface area contributed by atoms with E-state index in [9.17, 15) is 9.50 Å². The van der Waals surface area contributed by atoms with E-state index in [0.29, 0.717) is 5.56 Å². The van der Waals surface area contributed by atoms with Gasteiger partial charge in [-0.3, -0.25) is 0 Å². The Bertz CT molecular complexity index is 629.